The van der Waals surface area contributed by atoms with Crippen LogP contribution in [0.15, 0.2) is 28.9 Å². The van der Waals surface area contributed by atoms with E-state index in [9.17, 15) is 0 Å². The smallest absolute Gasteiger partial charge is 0.216 e. The van der Waals surface area contributed by atoms with Gasteiger partial charge in [-0.15, -0.1) is 0 Å². The number of aromatic nitrogens is 3. The molecular formula is C13H11N3O3S. The molecule has 0 aliphatic rings. The first-order valence-electron chi connectivity index (χ1n) is 5.79. The number of hydrogen-bond acceptors (Lipinski definition) is 6. The molecular weight excluding hydrogens is 278 g/mol. The number of hydrogen-bond donors (Lipinski definition) is 1. The minimum absolute atomic E-state index is 0.444. The fourth-order valence-corrected chi connectivity index (χ4v) is 2.25. The highest BCUT2D eigenvalue weighted by atomic mass is 32.1. The molecule has 1 aromatic carbocycles. The summed E-state index contributed by atoms with van der Waals surface area (Å²) in [4.78, 5) is 4.05. The van der Waals surface area contributed by atoms with Crippen molar-refractivity contribution in [2.45, 2.75) is 0 Å². The number of nitrogens with zero attached hydrogens (tertiary/aromatic N) is 2. The number of methoxy groups -OCH3 is 2. The third-order valence-electron chi connectivity index (χ3n) is 2.86. The molecule has 2 aromatic heterocycles. The van der Waals surface area contributed by atoms with Crippen molar-refractivity contribution >= 4 is 23.2 Å². The van der Waals surface area contributed by atoms with Gasteiger partial charge in [0, 0.05) is 18.2 Å². The van der Waals surface area contributed by atoms with Gasteiger partial charge in [-0.2, -0.15) is 5.10 Å². The highest BCUT2D eigenvalue weighted by molar-refractivity contribution is 7.71. The predicted octanol–water partition coefficient (Wildman–Crippen LogP) is 2.96. The van der Waals surface area contributed by atoms with Crippen LogP contribution < -0.4 is 9.47 Å². The van der Waals surface area contributed by atoms with E-state index in [0.29, 0.717) is 33.2 Å². The second kappa shape index (κ2) is 4.93. The van der Waals surface area contributed by atoms with Gasteiger partial charge in [0.1, 0.15) is 23.4 Å². The highest BCUT2D eigenvalue weighted by Crippen LogP contribution is 2.34. The molecule has 6 nitrogen and oxygen atoms in total. The lowest BCUT2D eigenvalue weighted by Gasteiger charge is -2.09. The van der Waals surface area contributed by atoms with Gasteiger partial charge >= 0.3 is 0 Å². The molecule has 102 valence electrons. The molecule has 0 fully saturated rings. The van der Waals surface area contributed by atoms with E-state index < -0.39 is 0 Å². The fraction of sp³-hybridized carbons (Fsp3) is 0.154. The van der Waals surface area contributed by atoms with Crippen LogP contribution in [-0.4, -0.2) is 29.4 Å². The first-order valence-corrected chi connectivity index (χ1v) is 6.20. The van der Waals surface area contributed by atoms with Crippen LogP contribution in [0.2, 0.25) is 0 Å². The molecule has 0 spiro atoms. The Morgan fingerprint density at radius 2 is 2.05 bits per heavy atom. The number of benzene rings is 1. The maximum Gasteiger partial charge on any atom is 0.216 e. The molecule has 3 rings (SSSR count). The van der Waals surface area contributed by atoms with Crippen molar-refractivity contribution in [2.75, 3.05) is 14.2 Å². The maximum atomic E-state index is 5.80. The molecule has 20 heavy (non-hydrogen) atoms. The molecule has 0 amide bonds. The van der Waals surface area contributed by atoms with E-state index in [2.05, 4.69) is 15.2 Å². The lowest BCUT2D eigenvalue weighted by molar-refractivity contribution is 0.396. The summed E-state index contributed by atoms with van der Waals surface area (Å²) in [6.07, 6.45) is 1.48. The van der Waals surface area contributed by atoms with Crippen LogP contribution in [0, 0.1) is 4.51 Å². The summed E-state index contributed by atoms with van der Waals surface area (Å²) in [5.74, 6) is 2.16. The summed E-state index contributed by atoms with van der Waals surface area (Å²) < 4.78 is 17.0. The molecule has 0 saturated carbocycles. The normalized spacial score (nSPS) is 10.7. The second-order valence-corrected chi connectivity index (χ2v) is 4.44. The molecule has 2 heterocycles. The molecule has 0 saturated heterocycles. The summed E-state index contributed by atoms with van der Waals surface area (Å²) in [6.45, 7) is 0. The minimum Gasteiger partial charge on any atom is -0.496 e. The Balaban J connectivity index is 2.33. The standard InChI is InChI=1S/C13H11N3O3S/c1-17-7-3-8(18-2)12-9(4-7)19-10(5-11(12)20)13-14-6-15-16-13/h3-6H,1-2H3,(H,14,15,16). The summed E-state index contributed by atoms with van der Waals surface area (Å²) in [7, 11) is 3.15. The quantitative estimate of drug-likeness (QED) is 0.747. The summed E-state index contributed by atoms with van der Waals surface area (Å²) in [6, 6.07) is 5.22. The van der Waals surface area contributed by atoms with Gasteiger partial charge in [0.25, 0.3) is 0 Å². The van der Waals surface area contributed by atoms with Crippen LogP contribution in [0.3, 0.4) is 0 Å². The fourth-order valence-electron chi connectivity index (χ4n) is 1.94. The van der Waals surface area contributed by atoms with Crippen LogP contribution in [0.25, 0.3) is 22.6 Å². The first-order chi connectivity index (χ1) is 9.72. The molecule has 0 unspecified atom stereocenters. The van der Waals surface area contributed by atoms with Crippen molar-refractivity contribution in [1.82, 2.24) is 15.2 Å². The third-order valence-corrected chi connectivity index (χ3v) is 3.18. The SMILES string of the molecule is COc1cc(OC)c2c(=S)cc(-c3nc[nH]n3)oc2c1. The predicted molar refractivity (Wildman–Crippen MR) is 75.5 cm³/mol. The number of fused-ring (bicyclic) bond motifs is 1. The zero-order chi connectivity index (χ0) is 14.1. The van der Waals surface area contributed by atoms with Gasteiger partial charge in [0.2, 0.25) is 5.82 Å². The topological polar surface area (TPSA) is 73.2 Å². The Bertz CT molecular complexity index is 812. The number of aromatic amines is 1. The van der Waals surface area contributed by atoms with E-state index in [0.717, 1.165) is 5.39 Å². The van der Waals surface area contributed by atoms with Gasteiger partial charge in [0.15, 0.2) is 5.76 Å². The Labute approximate surface area is 119 Å². The van der Waals surface area contributed by atoms with Crippen LogP contribution in [0.5, 0.6) is 11.5 Å². The number of H-pyrrole nitrogens is 1. The Hall–Kier alpha value is -2.41. The van der Waals surface area contributed by atoms with E-state index in [4.69, 9.17) is 26.1 Å². The lowest BCUT2D eigenvalue weighted by atomic mass is 10.2. The summed E-state index contributed by atoms with van der Waals surface area (Å²) >= 11 is 5.40. The Morgan fingerprint density at radius 3 is 2.70 bits per heavy atom. The van der Waals surface area contributed by atoms with Crippen molar-refractivity contribution in [1.29, 1.82) is 0 Å². The zero-order valence-electron chi connectivity index (χ0n) is 10.8. The number of ether oxygens (including phenoxy) is 2. The van der Waals surface area contributed by atoms with Gasteiger partial charge in [-0.25, -0.2) is 4.98 Å². The largest absolute Gasteiger partial charge is 0.496 e. The van der Waals surface area contributed by atoms with E-state index in [1.165, 1.54) is 6.33 Å². The van der Waals surface area contributed by atoms with Crippen LogP contribution in [0.4, 0.5) is 0 Å². The minimum atomic E-state index is 0.444. The number of rotatable bonds is 3. The average molecular weight is 289 g/mol. The van der Waals surface area contributed by atoms with E-state index >= 15 is 0 Å². The Morgan fingerprint density at radius 1 is 1.20 bits per heavy atom. The van der Waals surface area contributed by atoms with E-state index in [1.54, 1.807) is 32.4 Å². The highest BCUT2D eigenvalue weighted by Gasteiger charge is 2.13. The van der Waals surface area contributed by atoms with Crippen LogP contribution in [-0.2, 0) is 0 Å². The zero-order valence-corrected chi connectivity index (χ0v) is 11.7. The molecule has 7 heteroatoms. The average Bonchev–Trinajstić information content (AvgIpc) is 2.99. The van der Waals surface area contributed by atoms with Gasteiger partial charge in [0.05, 0.1) is 24.1 Å². The van der Waals surface area contributed by atoms with Gasteiger partial charge in [-0.05, 0) is 0 Å². The summed E-state index contributed by atoms with van der Waals surface area (Å²) in [5, 5.41) is 7.34. The van der Waals surface area contributed by atoms with Gasteiger partial charge in [-0.1, -0.05) is 12.2 Å². The first kappa shape index (κ1) is 12.6. The molecule has 1 N–H and O–H groups in total. The van der Waals surface area contributed by atoms with Gasteiger partial charge < -0.3 is 13.9 Å². The van der Waals surface area contributed by atoms with Crippen LogP contribution >= 0.6 is 12.2 Å². The maximum absolute atomic E-state index is 5.80. The molecule has 3 aromatic rings. The Kier molecular flexibility index (Phi) is 3.11. The lowest BCUT2D eigenvalue weighted by Crippen LogP contribution is -1.90. The molecule has 0 bridgehead atoms. The number of nitrogens with one attached hydrogen (secondary N) is 1. The van der Waals surface area contributed by atoms with Crippen molar-refractivity contribution in [3.8, 4) is 23.1 Å². The van der Waals surface area contributed by atoms with Crippen molar-refractivity contribution in [3.05, 3.63) is 29.0 Å². The van der Waals surface area contributed by atoms with Gasteiger partial charge in [-0.3, -0.25) is 5.10 Å². The molecule has 0 aliphatic carbocycles. The molecule has 0 aliphatic heterocycles. The molecule has 0 radical (unpaired) electrons. The third kappa shape index (κ3) is 2.01. The van der Waals surface area contributed by atoms with E-state index in [-0.39, 0.29) is 0 Å². The van der Waals surface area contributed by atoms with E-state index in [1.807, 2.05) is 0 Å². The monoisotopic (exact) mass is 289 g/mol. The summed E-state index contributed by atoms with van der Waals surface area (Å²) in [5.41, 5.74) is 0.563. The van der Waals surface area contributed by atoms with Crippen LogP contribution in [0.1, 0.15) is 0 Å². The second-order valence-electron chi connectivity index (χ2n) is 4.00. The molecule has 0 atom stereocenters. The van der Waals surface area contributed by atoms with Crippen molar-refractivity contribution in [3.63, 3.8) is 0 Å². The van der Waals surface area contributed by atoms with Crippen molar-refractivity contribution in [2.24, 2.45) is 0 Å². The van der Waals surface area contributed by atoms with Crippen molar-refractivity contribution < 1.29 is 13.9 Å².